The van der Waals surface area contributed by atoms with Crippen LogP contribution < -0.4 is 10.6 Å². The summed E-state index contributed by atoms with van der Waals surface area (Å²) in [6, 6.07) is 1.54. The molecule has 0 bridgehead atoms. The number of aromatic nitrogens is 1. The van der Waals surface area contributed by atoms with E-state index in [1.54, 1.807) is 0 Å². The first kappa shape index (κ1) is 14.0. The van der Waals surface area contributed by atoms with Gasteiger partial charge in [-0.3, -0.25) is 4.90 Å². The van der Waals surface area contributed by atoms with Crippen molar-refractivity contribution in [3.05, 3.63) is 10.6 Å². The molecular formula is C16H26N4S. The normalized spacial score (nSPS) is 33.6. The fraction of sp³-hybridized carbons (Fsp3) is 0.812. The fourth-order valence-corrected chi connectivity index (χ4v) is 5.44. The molecule has 5 heteroatoms. The van der Waals surface area contributed by atoms with Crippen LogP contribution in [0.5, 0.6) is 0 Å². The monoisotopic (exact) mass is 306 g/mol. The van der Waals surface area contributed by atoms with E-state index < -0.39 is 0 Å². The minimum Gasteiger partial charge on any atom is -0.343 e. The molecule has 2 saturated heterocycles. The van der Waals surface area contributed by atoms with Gasteiger partial charge in [-0.15, -0.1) is 0 Å². The summed E-state index contributed by atoms with van der Waals surface area (Å²) in [6.45, 7) is 6.00. The molecule has 116 valence electrons. The van der Waals surface area contributed by atoms with Gasteiger partial charge >= 0.3 is 0 Å². The molecule has 21 heavy (non-hydrogen) atoms. The van der Waals surface area contributed by atoms with Crippen molar-refractivity contribution in [1.82, 2.24) is 9.88 Å². The third-order valence-electron chi connectivity index (χ3n) is 5.41. The van der Waals surface area contributed by atoms with Crippen molar-refractivity contribution in [2.24, 2.45) is 5.73 Å². The van der Waals surface area contributed by atoms with Gasteiger partial charge in [-0.1, -0.05) is 17.8 Å². The van der Waals surface area contributed by atoms with Gasteiger partial charge in [0.15, 0.2) is 5.13 Å². The van der Waals surface area contributed by atoms with E-state index in [1.165, 1.54) is 54.5 Å². The van der Waals surface area contributed by atoms with Gasteiger partial charge in [0, 0.05) is 36.1 Å². The number of anilines is 1. The first-order chi connectivity index (χ1) is 10.2. The maximum absolute atomic E-state index is 6.27. The Morgan fingerprint density at radius 2 is 2.10 bits per heavy atom. The predicted octanol–water partition coefficient (Wildman–Crippen LogP) is 2.54. The fourth-order valence-electron chi connectivity index (χ4n) is 4.18. The summed E-state index contributed by atoms with van der Waals surface area (Å²) in [6.07, 6.45) is 7.57. The molecule has 0 saturated carbocycles. The Balaban J connectivity index is 1.58. The standard InChI is InChI=1S/C16H26N4S/c1-11-9-19-8-3-2-5-12(19)10-20(11)16-18-14-7-4-6-13(17)15(14)21-16/h11-13H,2-10,17H2,1H3. The number of fused-ring (bicyclic) bond motifs is 2. The van der Waals surface area contributed by atoms with Crippen molar-refractivity contribution in [1.29, 1.82) is 0 Å². The van der Waals surface area contributed by atoms with Crippen LogP contribution in [0.15, 0.2) is 0 Å². The predicted molar refractivity (Wildman–Crippen MR) is 88.0 cm³/mol. The Bertz CT molecular complexity index is 514. The zero-order valence-corrected chi connectivity index (χ0v) is 13.7. The Morgan fingerprint density at radius 1 is 1.19 bits per heavy atom. The Hall–Kier alpha value is -0.650. The molecule has 1 aromatic heterocycles. The molecule has 0 radical (unpaired) electrons. The number of piperazine rings is 1. The minimum absolute atomic E-state index is 0.228. The second kappa shape index (κ2) is 5.52. The Kier molecular flexibility index (Phi) is 3.67. The van der Waals surface area contributed by atoms with E-state index in [-0.39, 0.29) is 6.04 Å². The van der Waals surface area contributed by atoms with Crippen LogP contribution in [0.2, 0.25) is 0 Å². The van der Waals surface area contributed by atoms with E-state index in [0.717, 1.165) is 25.4 Å². The minimum atomic E-state index is 0.228. The largest absolute Gasteiger partial charge is 0.343 e. The maximum atomic E-state index is 6.27. The smallest absolute Gasteiger partial charge is 0.186 e. The van der Waals surface area contributed by atoms with Crippen molar-refractivity contribution in [2.45, 2.75) is 63.6 Å². The summed E-state index contributed by atoms with van der Waals surface area (Å²) in [4.78, 5) is 11.6. The Morgan fingerprint density at radius 3 is 2.95 bits per heavy atom. The first-order valence-corrected chi connectivity index (χ1v) is 9.30. The lowest BCUT2D eigenvalue weighted by atomic mass is 9.97. The van der Waals surface area contributed by atoms with Crippen LogP contribution in [0.4, 0.5) is 5.13 Å². The second-order valence-corrected chi connectivity index (χ2v) is 7.96. The van der Waals surface area contributed by atoms with Crippen LogP contribution in [-0.2, 0) is 6.42 Å². The topological polar surface area (TPSA) is 45.4 Å². The van der Waals surface area contributed by atoms with Gasteiger partial charge in [0.2, 0.25) is 0 Å². The van der Waals surface area contributed by atoms with Gasteiger partial charge in [-0.25, -0.2) is 4.98 Å². The molecule has 3 unspecified atom stereocenters. The third kappa shape index (κ3) is 2.49. The van der Waals surface area contributed by atoms with Crippen LogP contribution in [0.25, 0.3) is 0 Å². The summed E-state index contributed by atoms with van der Waals surface area (Å²) in [5.74, 6) is 0. The lowest BCUT2D eigenvalue weighted by Gasteiger charge is -2.47. The van der Waals surface area contributed by atoms with Crippen LogP contribution in [0.3, 0.4) is 0 Å². The summed E-state index contributed by atoms with van der Waals surface area (Å²) in [7, 11) is 0. The Labute approximate surface area is 131 Å². The average molecular weight is 306 g/mol. The number of hydrogen-bond donors (Lipinski definition) is 1. The van der Waals surface area contributed by atoms with Crippen molar-refractivity contribution in [2.75, 3.05) is 24.5 Å². The molecule has 0 amide bonds. The first-order valence-electron chi connectivity index (χ1n) is 8.48. The van der Waals surface area contributed by atoms with Gasteiger partial charge in [0.25, 0.3) is 0 Å². The van der Waals surface area contributed by atoms with E-state index in [2.05, 4.69) is 16.7 Å². The molecule has 3 atom stereocenters. The third-order valence-corrected chi connectivity index (χ3v) is 6.68. The van der Waals surface area contributed by atoms with E-state index in [9.17, 15) is 0 Å². The number of nitrogens with two attached hydrogens (primary N) is 1. The van der Waals surface area contributed by atoms with Gasteiger partial charge in [0.05, 0.1) is 5.69 Å². The van der Waals surface area contributed by atoms with Crippen molar-refractivity contribution >= 4 is 16.5 Å². The second-order valence-electron chi connectivity index (χ2n) is 6.95. The molecule has 2 N–H and O–H groups in total. The maximum Gasteiger partial charge on any atom is 0.186 e. The van der Waals surface area contributed by atoms with Crippen molar-refractivity contribution in [3.8, 4) is 0 Å². The number of thiazole rings is 1. The number of nitrogens with zero attached hydrogens (tertiary/aromatic N) is 3. The van der Waals surface area contributed by atoms with Crippen LogP contribution in [0.1, 0.15) is 55.6 Å². The molecular weight excluding hydrogens is 280 g/mol. The summed E-state index contributed by atoms with van der Waals surface area (Å²) in [5, 5.41) is 1.23. The highest BCUT2D eigenvalue weighted by Crippen LogP contribution is 2.38. The van der Waals surface area contributed by atoms with Crippen molar-refractivity contribution < 1.29 is 0 Å². The number of piperidine rings is 1. The molecule has 0 spiro atoms. The molecule has 3 aliphatic rings. The number of hydrogen-bond acceptors (Lipinski definition) is 5. The van der Waals surface area contributed by atoms with Gasteiger partial charge in [0.1, 0.15) is 0 Å². The molecule has 1 aromatic rings. The molecule has 1 aliphatic carbocycles. The van der Waals surface area contributed by atoms with Crippen LogP contribution >= 0.6 is 11.3 Å². The SMILES string of the molecule is CC1CN2CCCCC2CN1c1nc2c(s1)C(N)CCC2. The zero-order valence-electron chi connectivity index (χ0n) is 12.9. The van der Waals surface area contributed by atoms with Crippen LogP contribution in [0, 0.1) is 0 Å². The lowest BCUT2D eigenvalue weighted by molar-refractivity contribution is 0.115. The molecule has 4 nitrogen and oxygen atoms in total. The van der Waals surface area contributed by atoms with E-state index in [1.807, 2.05) is 11.3 Å². The number of aryl methyl sites for hydroxylation is 1. The zero-order chi connectivity index (χ0) is 14.4. The average Bonchev–Trinajstić information content (AvgIpc) is 2.92. The molecule has 2 fully saturated rings. The molecule has 3 heterocycles. The summed E-state index contributed by atoms with van der Waals surface area (Å²) >= 11 is 1.86. The molecule has 2 aliphatic heterocycles. The lowest BCUT2D eigenvalue weighted by Crippen LogP contribution is -2.58. The van der Waals surface area contributed by atoms with Crippen LogP contribution in [-0.4, -0.2) is 41.6 Å². The quantitative estimate of drug-likeness (QED) is 0.866. The summed E-state index contributed by atoms with van der Waals surface area (Å²) in [5.41, 5.74) is 7.56. The highest BCUT2D eigenvalue weighted by atomic mass is 32.1. The van der Waals surface area contributed by atoms with Crippen molar-refractivity contribution in [3.63, 3.8) is 0 Å². The van der Waals surface area contributed by atoms with E-state index in [4.69, 9.17) is 10.7 Å². The van der Waals surface area contributed by atoms with E-state index in [0.29, 0.717) is 6.04 Å². The van der Waals surface area contributed by atoms with Gasteiger partial charge in [-0.2, -0.15) is 0 Å². The molecule has 4 rings (SSSR count). The van der Waals surface area contributed by atoms with Gasteiger partial charge in [-0.05, 0) is 45.6 Å². The van der Waals surface area contributed by atoms with Gasteiger partial charge < -0.3 is 10.6 Å². The number of rotatable bonds is 1. The van der Waals surface area contributed by atoms with E-state index >= 15 is 0 Å². The highest BCUT2D eigenvalue weighted by Gasteiger charge is 2.35. The highest BCUT2D eigenvalue weighted by molar-refractivity contribution is 7.15. The summed E-state index contributed by atoms with van der Waals surface area (Å²) < 4.78 is 0. The molecule has 0 aromatic carbocycles.